The number of carbonyl (C=O) groups excluding carboxylic acids is 3. The van der Waals surface area contributed by atoms with Crippen molar-refractivity contribution in [2.75, 3.05) is 28.2 Å². The summed E-state index contributed by atoms with van der Waals surface area (Å²) < 4.78 is 0. The Balaban J connectivity index is 1.65. The van der Waals surface area contributed by atoms with E-state index in [0.29, 0.717) is 16.9 Å². The summed E-state index contributed by atoms with van der Waals surface area (Å²) in [6, 6.07) is 13.1. The van der Waals surface area contributed by atoms with E-state index in [2.05, 4.69) is 10.6 Å². The molecule has 0 aromatic heterocycles. The summed E-state index contributed by atoms with van der Waals surface area (Å²) in [6.07, 6.45) is 1.65. The molecule has 2 heterocycles. The zero-order valence-electron chi connectivity index (χ0n) is 19.1. The molecule has 3 amide bonds. The number of benzene rings is 2. The Labute approximate surface area is 188 Å². The molecule has 2 N–H and O–H groups in total. The minimum absolute atomic E-state index is 0.0483. The van der Waals surface area contributed by atoms with Crippen LogP contribution in [0.25, 0.3) is 0 Å². The number of para-hydroxylation sites is 2. The number of rotatable bonds is 4. The maximum atomic E-state index is 13.6. The highest BCUT2D eigenvalue weighted by Gasteiger charge is 2.44. The summed E-state index contributed by atoms with van der Waals surface area (Å²) in [5.41, 5.74) is 2.87. The van der Waals surface area contributed by atoms with Crippen molar-refractivity contribution in [2.45, 2.75) is 52.1 Å². The summed E-state index contributed by atoms with van der Waals surface area (Å²) in [6.45, 7) is 8.24. The average molecular weight is 435 g/mol. The Morgan fingerprint density at radius 2 is 1.81 bits per heavy atom. The maximum Gasteiger partial charge on any atom is 0.251 e. The molecule has 0 saturated carbocycles. The van der Waals surface area contributed by atoms with Gasteiger partial charge in [-0.2, -0.15) is 0 Å². The normalized spacial score (nSPS) is 16.8. The van der Waals surface area contributed by atoms with Crippen LogP contribution >= 0.6 is 0 Å². The van der Waals surface area contributed by atoms with E-state index in [-0.39, 0.29) is 30.3 Å². The number of amides is 3. The van der Waals surface area contributed by atoms with Crippen molar-refractivity contribution in [3.8, 4) is 0 Å². The predicted octanol–water partition coefficient (Wildman–Crippen LogP) is 3.34. The SMILES string of the molecule is CC(C)NC(=O)c1cccc2c1CCCN2CC(=O)N1c2ccccc2NC(=O)C1(C)C. The number of hydrogen-bond donors (Lipinski definition) is 2. The van der Waals surface area contributed by atoms with Gasteiger partial charge in [0.05, 0.1) is 17.9 Å². The molecule has 7 heteroatoms. The third-order valence-corrected chi connectivity index (χ3v) is 6.09. The Hall–Kier alpha value is -3.35. The Kier molecular flexibility index (Phi) is 5.67. The first kappa shape index (κ1) is 21.9. The number of fused-ring (bicyclic) bond motifs is 2. The van der Waals surface area contributed by atoms with Crippen molar-refractivity contribution in [2.24, 2.45) is 0 Å². The van der Waals surface area contributed by atoms with Crippen LogP contribution in [0, 0.1) is 0 Å². The molecule has 0 aliphatic carbocycles. The highest BCUT2D eigenvalue weighted by molar-refractivity contribution is 6.15. The third kappa shape index (κ3) is 3.83. The third-order valence-electron chi connectivity index (χ3n) is 6.09. The van der Waals surface area contributed by atoms with Crippen LogP contribution in [0.15, 0.2) is 42.5 Å². The van der Waals surface area contributed by atoms with Gasteiger partial charge in [-0.3, -0.25) is 19.3 Å². The molecule has 2 aliphatic rings. The molecular weight excluding hydrogens is 404 g/mol. The molecule has 2 aliphatic heterocycles. The van der Waals surface area contributed by atoms with Gasteiger partial charge in [0.2, 0.25) is 11.8 Å². The molecule has 0 saturated heterocycles. The van der Waals surface area contributed by atoms with Crippen molar-refractivity contribution in [3.63, 3.8) is 0 Å². The topological polar surface area (TPSA) is 81.8 Å². The largest absolute Gasteiger partial charge is 0.362 e. The second-order valence-electron chi connectivity index (χ2n) is 9.22. The number of nitrogens with one attached hydrogen (secondary N) is 2. The maximum absolute atomic E-state index is 13.6. The summed E-state index contributed by atoms with van der Waals surface area (Å²) in [4.78, 5) is 42.7. The second kappa shape index (κ2) is 8.30. The van der Waals surface area contributed by atoms with Crippen LogP contribution in [0.1, 0.15) is 50.0 Å². The molecular formula is C25H30N4O3. The second-order valence-corrected chi connectivity index (χ2v) is 9.22. The van der Waals surface area contributed by atoms with Gasteiger partial charge in [0.1, 0.15) is 5.54 Å². The zero-order valence-corrected chi connectivity index (χ0v) is 19.1. The van der Waals surface area contributed by atoms with Crippen LogP contribution in [0.3, 0.4) is 0 Å². The summed E-state index contributed by atoms with van der Waals surface area (Å²) >= 11 is 0. The lowest BCUT2D eigenvalue weighted by molar-refractivity contribution is -0.125. The summed E-state index contributed by atoms with van der Waals surface area (Å²) in [7, 11) is 0. The van der Waals surface area contributed by atoms with E-state index < -0.39 is 5.54 Å². The average Bonchev–Trinajstić information content (AvgIpc) is 2.73. The van der Waals surface area contributed by atoms with Crippen molar-refractivity contribution < 1.29 is 14.4 Å². The van der Waals surface area contributed by atoms with Crippen molar-refractivity contribution in [1.29, 1.82) is 0 Å². The van der Waals surface area contributed by atoms with Crippen molar-refractivity contribution >= 4 is 34.8 Å². The molecule has 0 bridgehead atoms. The predicted molar refractivity (Wildman–Crippen MR) is 126 cm³/mol. The Morgan fingerprint density at radius 1 is 1.09 bits per heavy atom. The van der Waals surface area contributed by atoms with E-state index >= 15 is 0 Å². The lowest BCUT2D eigenvalue weighted by Crippen LogP contribution is -2.60. The van der Waals surface area contributed by atoms with Gasteiger partial charge in [-0.05, 0) is 70.4 Å². The Morgan fingerprint density at radius 3 is 2.56 bits per heavy atom. The van der Waals surface area contributed by atoms with E-state index in [0.717, 1.165) is 30.6 Å². The molecule has 0 fully saturated rings. The van der Waals surface area contributed by atoms with E-state index in [1.807, 2.05) is 55.1 Å². The van der Waals surface area contributed by atoms with Crippen LogP contribution in [-0.2, 0) is 16.0 Å². The Bertz CT molecular complexity index is 1080. The molecule has 0 atom stereocenters. The van der Waals surface area contributed by atoms with E-state index in [4.69, 9.17) is 0 Å². The van der Waals surface area contributed by atoms with Crippen LogP contribution in [-0.4, -0.2) is 42.4 Å². The van der Waals surface area contributed by atoms with E-state index in [1.54, 1.807) is 24.8 Å². The lowest BCUT2D eigenvalue weighted by atomic mass is 9.94. The first-order chi connectivity index (χ1) is 15.2. The van der Waals surface area contributed by atoms with Gasteiger partial charge >= 0.3 is 0 Å². The van der Waals surface area contributed by atoms with Gasteiger partial charge in [0, 0.05) is 23.8 Å². The van der Waals surface area contributed by atoms with Crippen molar-refractivity contribution in [3.05, 3.63) is 53.6 Å². The summed E-state index contributed by atoms with van der Waals surface area (Å²) in [5, 5.41) is 5.86. The standard InChI is InChI=1S/C25H30N4O3/c1-16(2)26-23(31)18-9-7-13-20-17(18)10-8-14-28(20)15-22(30)29-21-12-6-5-11-19(21)27-24(32)25(29,3)4/h5-7,9,11-13,16H,8,10,14-15H2,1-4H3,(H,26,31)(H,27,32). The first-order valence-corrected chi connectivity index (χ1v) is 11.1. The monoisotopic (exact) mass is 434 g/mol. The highest BCUT2D eigenvalue weighted by Crippen LogP contribution is 2.37. The van der Waals surface area contributed by atoms with E-state index in [9.17, 15) is 14.4 Å². The fourth-order valence-electron chi connectivity index (χ4n) is 4.55. The quantitative estimate of drug-likeness (QED) is 0.773. The molecule has 168 valence electrons. The van der Waals surface area contributed by atoms with Gasteiger partial charge in [-0.1, -0.05) is 18.2 Å². The number of anilines is 3. The molecule has 0 spiro atoms. The van der Waals surface area contributed by atoms with Crippen LogP contribution in [0.4, 0.5) is 17.1 Å². The number of carbonyl (C=O) groups is 3. The van der Waals surface area contributed by atoms with Crippen LogP contribution in [0.2, 0.25) is 0 Å². The molecule has 4 rings (SSSR count). The molecule has 0 unspecified atom stereocenters. The van der Waals surface area contributed by atoms with Gasteiger partial charge in [0.15, 0.2) is 0 Å². The number of nitrogens with zero attached hydrogens (tertiary/aromatic N) is 2. The fraction of sp³-hybridized carbons (Fsp3) is 0.400. The van der Waals surface area contributed by atoms with Gasteiger partial charge in [-0.25, -0.2) is 0 Å². The van der Waals surface area contributed by atoms with Crippen LogP contribution in [0.5, 0.6) is 0 Å². The minimum atomic E-state index is -1.01. The lowest BCUT2D eigenvalue weighted by Gasteiger charge is -2.43. The molecule has 2 aromatic carbocycles. The van der Waals surface area contributed by atoms with Crippen molar-refractivity contribution in [1.82, 2.24) is 5.32 Å². The highest BCUT2D eigenvalue weighted by atomic mass is 16.2. The van der Waals surface area contributed by atoms with Gasteiger partial charge in [-0.15, -0.1) is 0 Å². The summed E-state index contributed by atoms with van der Waals surface area (Å²) in [5.74, 6) is -0.453. The smallest absolute Gasteiger partial charge is 0.251 e. The molecule has 7 nitrogen and oxygen atoms in total. The number of hydrogen-bond acceptors (Lipinski definition) is 4. The van der Waals surface area contributed by atoms with Crippen LogP contribution < -0.4 is 20.4 Å². The minimum Gasteiger partial charge on any atom is -0.362 e. The molecule has 32 heavy (non-hydrogen) atoms. The zero-order chi connectivity index (χ0) is 23.0. The molecule has 2 aromatic rings. The fourth-order valence-corrected chi connectivity index (χ4v) is 4.55. The molecule has 0 radical (unpaired) electrons. The van der Waals surface area contributed by atoms with Gasteiger partial charge < -0.3 is 15.5 Å². The van der Waals surface area contributed by atoms with E-state index in [1.165, 1.54) is 0 Å². The van der Waals surface area contributed by atoms with Gasteiger partial charge in [0.25, 0.3) is 5.91 Å². The first-order valence-electron chi connectivity index (χ1n) is 11.1.